The van der Waals surface area contributed by atoms with Crippen LogP contribution in [0.15, 0.2) is 42.5 Å². The molecule has 1 aliphatic heterocycles. The van der Waals surface area contributed by atoms with Crippen molar-refractivity contribution in [2.75, 3.05) is 4.90 Å². The first-order chi connectivity index (χ1) is 10.1. The molecular weight excluding hydrogens is 265 g/mol. The summed E-state index contributed by atoms with van der Waals surface area (Å²) in [4.78, 5) is 2.21. The SMILES string of the molecule is CC1Cc2ccccc2N1Cc1cccc(C(=N)N)c1F. The predicted octanol–water partition coefficient (Wildman–Crippen LogP) is 3.06. The smallest absolute Gasteiger partial charge is 0.139 e. The van der Waals surface area contributed by atoms with Crippen LogP contribution in [0, 0.1) is 11.2 Å². The summed E-state index contributed by atoms with van der Waals surface area (Å²) in [7, 11) is 0. The molecule has 3 N–H and O–H groups in total. The third-order valence-electron chi connectivity index (χ3n) is 4.06. The number of halogens is 1. The number of nitrogens with two attached hydrogens (primary N) is 1. The molecule has 0 saturated heterocycles. The molecular formula is C17H18FN3. The first-order valence-corrected chi connectivity index (χ1v) is 7.04. The molecule has 1 atom stereocenters. The number of anilines is 1. The van der Waals surface area contributed by atoms with Crippen molar-refractivity contribution in [3.63, 3.8) is 0 Å². The minimum absolute atomic E-state index is 0.174. The fraction of sp³-hybridized carbons (Fsp3) is 0.235. The van der Waals surface area contributed by atoms with Crippen molar-refractivity contribution in [3.05, 3.63) is 65.0 Å². The van der Waals surface area contributed by atoms with Crippen LogP contribution in [0.4, 0.5) is 10.1 Å². The molecule has 0 bridgehead atoms. The molecule has 1 unspecified atom stereocenters. The van der Waals surface area contributed by atoms with Crippen LogP contribution in [0.1, 0.15) is 23.6 Å². The monoisotopic (exact) mass is 283 g/mol. The third-order valence-corrected chi connectivity index (χ3v) is 4.06. The van der Waals surface area contributed by atoms with Crippen LogP contribution in [-0.4, -0.2) is 11.9 Å². The third kappa shape index (κ3) is 2.37. The van der Waals surface area contributed by atoms with E-state index in [1.165, 1.54) is 5.56 Å². The van der Waals surface area contributed by atoms with Gasteiger partial charge in [-0.05, 0) is 31.0 Å². The van der Waals surface area contributed by atoms with Crippen LogP contribution in [0.3, 0.4) is 0 Å². The molecule has 0 spiro atoms. The Morgan fingerprint density at radius 1 is 1.29 bits per heavy atom. The number of benzene rings is 2. The van der Waals surface area contributed by atoms with Crippen LogP contribution in [0.5, 0.6) is 0 Å². The van der Waals surface area contributed by atoms with Crippen molar-refractivity contribution < 1.29 is 4.39 Å². The van der Waals surface area contributed by atoms with Gasteiger partial charge in [0.1, 0.15) is 11.7 Å². The Hall–Kier alpha value is -2.36. The summed E-state index contributed by atoms with van der Waals surface area (Å²) in [5.41, 5.74) is 8.64. The van der Waals surface area contributed by atoms with Gasteiger partial charge >= 0.3 is 0 Å². The highest BCUT2D eigenvalue weighted by atomic mass is 19.1. The lowest BCUT2D eigenvalue weighted by molar-refractivity contribution is 0.591. The van der Waals surface area contributed by atoms with E-state index in [-0.39, 0.29) is 17.2 Å². The second kappa shape index (κ2) is 5.20. The van der Waals surface area contributed by atoms with E-state index in [9.17, 15) is 4.39 Å². The number of hydrogen-bond acceptors (Lipinski definition) is 2. The second-order valence-corrected chi connectivity index (χ2v) is 5.50. The van der Waals surface area contributed by atoms with Crippen molar-refractivity contribution >= 4 is 11.5 Å². The van der Waals surface area contributed by atoms with Crippen LogP contribution in [-0.2, 0) is 13.0 Å². The average molecular weight is 283 g/mol. The number of hydrogen-bond donors (Lipinski definition) is 2. The summed E-state index contributed by atoms with van der Waals surface area (Å²) < 4.78 is 14.4. The zero-order chi connectivity index (χ0) is 15.0. The fourth-order valence-electron chi connectivity index (χ4n) is 2.96. The van der Waals surface area contributed by atoms with E-state index < -0.39 is 0 Å². The van der Waals surface area contributed by atoms with Crippen LogP contribution in [0.2, 0.25) is 0 Å². The van der Waals surface area contributed by atoms with E-state index in [4.69, 9.17) is 11.1 Å². The Bertz CT molecular complexity index is 696. The van der Waals surface area contributed by atoms with Gasteiger partial charge in [-0.1, -0.05) is 30.3 Å². The molecule has 0 saturated carbocycles. The predicted molar refractivity (Wildman–Crippen MR) is 83.2 cm³/mol. The second-order valence-electron chi connectivity index (χ2n) is 5.50. The van der Waals surface area contributed by atoms with Gasteiger partial charge in [0.05, 0.1) is 5.56 Å². The van der Waals surface area contributed by atoms with Crippen molar-refractivity contribution in [1.29, 1.82) is 5.41 Å². The van der Waals surface area contributed by atoms with Gasteiger partial charge < -0.3 is 10.6 Å². The lowest BCUT2D eigenvalue weighted by Crippen LogP contribution is -2.29. The molecule has 1 heterocycles. The minimum atomic E-state index is -0.387. The number of fused-ring (bicyclic) bond motifs is 1. The van der Waals surface area contributed by atoms with E-state index in [1.807, 2.05) is 12.1 Å². The summed E-state index contributed by atoms with van der Waals surface area (Å²) >= 11 is 0. The number of rotatable bonds is 3. The maximum atomic E-state index is 14.4. The normalized spacial score (nSPS) is 16.9. The minimum Gasteiger partial charge on any atom is -0.384 e. The van der Waals surface area contributed by atoms with Crippen LogP contribution in [0.25, 0.3) is 0 Å². The van der Waals surface area contributed by atoms with Gasteiger partial charge in [-0.3, -0.25) is 5.41 Å². The Morgan fingerprint density at radius 2 is 2.05 bits per heavy atom. The highest BCUT2D eigenvalue weighted by Gasteiger charge is 2.26. The number of nitrogen functional groups attached to an aromatic ring is 1. The first kappa shape index (κ1) is 13.6. The molecule has 0 aliphatic carbocycles. The van der Waals surface area contributed by atoms with Gasteiger partial charge in [-0.25, -0.2) is 4.39 Å². The molecule has 21 heavy (non-hydrogen) atoms. The Labute approximate surface area is 123 Å². The van der Waals surface area contributed by atoms with Crippen molar-refractivity contribution in [1.82, 2.24) is 0 Å². The largest absolute Gasteiger partial charge is 0.384 e. The van der Waals surface area contributed by atoms with Gasteiger partial charge in [0.2, 0.25) is 0 Å². The quantitative estimate of drug-likeness (QED) is 0.672. The number of nitrogens with one attached hydrogen (secondary N) is 1. The van der Waals surface area contributed by atoms with Crippen molar-refractivity contribution in [2.45, 2.75) is 25.9 Å². The van der Waals surface area contributed by atoms with Gasteiger partial charge in [-0.15, -0.1) is 0 Å². The molecule has 0 amide bonds. The Morgan fingerprint density at radius 3 is 2.81 bits per heavy atom. The molecule has 3 rings (SSSR count). The van der Waals surface area contributed by atoms with Gasteiger partial charge in [-0.2, -0.15) is 0 Å². The van der Waals surface area contributed by atoms with Crippen molar-refractivity contribution in [2.24, 2.45) is 5.73 Å². The van der Waals surface area contributed by atoms with E-state index in [0.717, 1.165) is 12.1 Å². The standard InChI is InChI=1S/C17H18FN3/c1-11-9-12-5-2-3-8-15(12)21(11)10-13-6-4-7-14(16(13)18)17(19)20/h2-8,11H,9-10H2,1H3,(H3,19,20). The molecule has 0 radical (unpaired) electrons. The molecule has 0 aromatic heterocycles. The number of nitrogens with zero attached hydrogens (tertiary/aromatic N) is 1. The molecule has 4 heteroatoms. The van der Waals surface area contributed by atoms with E-state index in [2.05, 4.69) is 24.0 Å². The van der Waals surface area contributed by atoms with Gasteiger partial charge in [0, 0.05) is 23.8 Å². The maximum Gasteiger partial charge on any atom is 0.139 e. The molecule has 0 fully saturated rings. The van der Waals surface area contributed by atoms with Gasteiger partial charge in [0.15, 0.2) is 0 Å². The molecule has 108 valence electrons. The summed E-state index contributed by atoms with van der Waals surface area (Å²) in [6.07, 6.45) is 0.976. The van der Waals surface area contributed by atoms with Crippen LogP contribution >= 0.6 is 0 Å². The van der Waals surface area contributed by atoms with Gasteiger partial charge in [0.25, 0.3) is 0 Å². The highest BCUT2D eigenvalue weighted by molar-refractivity contribution is 5.95. The molecule has 2 aromatic carbocycles. The van der Waals surface area contributed by atoms with Crippen LogP contribution < -0.4 is 10.6 Å². The zero-order valence-corrected chi connectivity index (χ0v) is 11.9. The first-order valence-electron chi connectivity index (χ1n) is 7.04. The lowest BCUT2D eigenvalue weighted by atomic mass is 10.1. The Kier molecular flexibility index (Phi) is 3.37. The summed E-state index contributed by atoms with van der Waals surface area (Å²) in [6, 6.07) is 13.6. The Balaban J connectivity index is 1.94. The van der Waals surface area contributed by atoms with E-state index in [0.29, 0.717) is 18.2 Å². The van der Waals surface area contributed by atoms with Crippen molar-refractivity contribution in [3.8, 4) is 0 Å². The number of para-hydroxylation sites is 1. The zero-order valence-electron chi connectivity index (χ0n) is 11.9. The topological polar surface area (TPSA) is 53.1 Å². The summed E-state index contributed by atoms with van der Waals surface area (Å²) in [6.45, 7) is 2.64. The lowest BCUT2D eigenvalue weighted by Gasteiger charge is -2.25. The number of amidine groups is 1. The fourth-order valence-corrected chi connectivity index (χ4v) is 2.96. The average Bonchev–Trinajstić information content (AvgIpc) is 2.77. The van der Waals surface area contributed by atoms with E-state index in [1.54, 1.807) is 18.2 Å². The summed E-state index contributed by atoms with van der Waals surface area (Å²) in [5, 5.41) is 7.44. The molecule has 2 aromatic rings. The highest BCUT2D eigenvalue weighted by Crippen LogP contribution is 2.33. The molecule has 1 aliphatic rings. The molecule has 3 nitrogen and oxygen atoms in total. The van der Waals surface area contributed by atoms with E-state index >= 15 is 0 Å². The summed E-state index contributed by atoms with van der Waals surface area (Å²) in [5.74, 6) is -0.620. The maximum absolute atomic E-state index is 14.4.